The number of carbonyl (C=O) groups excluding carboxylic acids is 3. The van der Waals surface area contributed by atoms with Crippen LogP contribution in [0.2, 0.25) is 0 Å². The first kappa shape index (κ1) is 14.7. The minimum absolute atomic E-state index is 0.178. The van der Waals surface area contributed by atoms with E-state index >= 15 is 0 Å². The van der Waals surface area contributed by atoms with Crippen LogP contribution in [0.3, 0.4) is 0 Å². The molecule has 1 aromatic heterocycles. The molecule has 0 unspecified atom stereocenters. The second-order valence-electron chi connectivity index (χ2n) is 6.16. The topological polar surface area (TPSA) is 79.4 Å². The molecule has 0 bridgehead atoms. The molecular formula is C16H19N3O3. The van der Waals surface area contributed by atoms with Crippen molar-refractivity contribution in [3.05, 3.63) is 23.9 Å². The average molecular weight is 301 g/mol. The highest BCUT2D eigenvalue weighted by molar-refractivity contribution is 6.09. The molecule has 1 aromatic rings. The Labute approximate surface area is 128 Å². The summed E-state index contributed by atoms with van der Waals surface area (Å²) in [6.07, 6.45) is 3.73. The van der Waals surface area contributed by atoms with Crippen LogP contribution in [0.5, 0.6) is 0 Å². The molecule has 116 valence electrons. The zero-order valence-electron chi connectivity index (χ0n) is 12.6. The van der Waals surface area contributed by atoms with Gasteiger partial charge < -0.3 is 5.32 Å². The quantitative estimate of drug-likeness (QED) is 0.861. The maximum Gasteiger partial charge on any atom is 0.245 e. The SMILES string of the molecule is Cc1cccc(NC(=O)CN2C(=O)CC3(CCCC3)C2=O)n1. The third-order valence-corrected chi connectivity index (χ3v) is 4.51. The first-order chi connectivity index (χ1) is 10.5. The summed E-state index contributed by atoms with van der Waals surface area (Å²) in [7, 11) is 0. The molecule has 2 fully saturated rings. The van der Waals surface area contributed by atoms with Crippen LogP contribution in [0.4, 0.5) is 5.82 Å². The first-order valence-corrected chi connectivity index (χ1v) is 7.58. The monoisotopic (exact) mass is 301 g/mol. The van der Waals surface area contributed by atoms with Crippen LogP contribution in [-0.2, 0) is 14.4 Å². The van der Waals surface area contributed by atoms with E-state index in [0.29, 0.717) is 5.82 Å². The number of aromatic nitrogens is 1. The van der Waals surface area contributed by atoms with E-state index in [1.165, 1.54) is 0 Å². The number of nitrogens with one attached hydrogen (secondary N) is 1. The van der Waals surface area contributed by atoms with Crippen molar-refractivity contribution >= 4 is 23.5 Å². The third-order valence-electron chi connectivity index (χ3n) is 4.51. The van der Waals surface area contributed by atoms with E-state index in [2.05, 4.69) is 10.3 Å². The van der Waals surface area contributed by atoms with E-state index in [-0.39, 0.29) is 24.8 Å². The van der Waals surface area contributed by atoms with Gasteiger partial charge in [-0.3, -0.25) is 19.3 Å². The van der Waals surface area contributed by atoms with E-state index in [1.807, 2.05) is 13.0 Å². The molecular weight excluding hydrogens is 282 g/mol. The predicted octanol–water partition coefficient (Wildman–Crippen LogP) is 1.65. The number of aryl methyl sites for hydroxylation is 1. The molecule has 3 rings (SSSR count). The Morgan fingerprint density at radius 3 is 2.73 bits per heavy atom. The fourth-order valence-electron chi connectivity index (χ4n) is 3.40. The molecule has 0 aromatic carbocycles. The van der Waals surface area contributed by atoms with Gasteiger partial charge in [-0.2, -0.15) is 0 Å². The lowest BCUT2D eigenvalue weighted by Crippen LogP contribution is -2.40. The molecule has 0 atom stereocenters. The van der Waals surface area contributed by atoms with Crippen molar-refractivity contribution in [1.29, 1.82) is 0 Å². The summed E-state index contributed by atoms with van der Waals surface area (Å²) in [6, 6.07) is 5.29. The average Bonchev–Trinajstić information content (AvgIpc) is 3.01. The number of rotatable bonds is 3. The lowest BCUT2D eigenvalue weighted by molar-refractivity contribution is -0.143. The smallest absolute Gasteiger partial charge is 0.245 e. The number of anilines is 1. The Bertz CT molecular complexity index is 635. The maximum atomic E-state index is 12.5. The van der Waals surface area contributed by atoms with Crippen LogP contribution < -0.4 is 5.32 Å². The number of hydrogen-bond acceptors (Lipinski definition) is 4. The van der Waals surface area contributed by atoms with Gasteiger partial charge in [0, 0.05) is 12.1 Å². The molecule has 0 radical (unpaired) electrons. The van der Waals surface area contributed by atoms with E-state index < -0.39 is 11.3 Å². The number of pyridine rings is 1. The fraction of sp³-hybridized carbons (Fsp3) is 0.500. The summed E-state index contributed by atoms with van der Waals surface area (Å²) in [4.78, 5) is 41.9. The van der Waals surface area contributed by atoms with E-state index in [9.17, 15) is 14.4 Å². The Morgan fingerprint density at radius 2 is 2.05 bits per heavy atom. The van der Waals surface area contributed by atoms with Crippen LogP contribution in [-0.4, -0.2) is 34.2 Å². The molecule has 2 aliphatic rings. The van der Waals surface area contributed by atoms with E-state index in [0.717, 1.165) is 36.3 Å². The summed E-state index contributed by atoms with van der Waals surface area (Å²) in [5.41, 5.74) is 0.259. The Morgan fingerprint density at radius 1 is 1.32 bits per heavy atom. The number of likely N-dealkylation sites (tertiary alicyclic amines) is 1. The van der Waals surface area contributed by atoms with Crippen LogP contribution in [0.1, 0.15) is 37.8 Å². The standard InChI is InChI=1S/C16H19N3O3/c1-11-5-4-6-12(17-11)18-13(20)10-19-14(21)9-16(15(19)22)7-2-3-8-16/h4-6H,2-3,7-10H2,1H3,(H,17,18,20). The summed E-state index contributed by atoms with van der Waals surface area (Å²) >= 11 is 0. The highest BCUT2D eigenvalue weighted by Gasteiger charge is 2.52. The van der Waals surface area contributed by atoms with Gasteiger partial charge in [-0.1, -0.05) is 18.9 Å². The second-order valence-corrected chi connectivity index (χ2v) is 6.16. The molecule has 2 heterocycles. The fourth-order valence-corrected chi connectivity index (χ4v) is 3.40. The molecule has 22 heavy (non-hydrogen) atoms. The highest BCUT2D eigenvalue weighted by Crippen LogP contribution is 2.46. The van der Waals surface area contributed by atoms with Gasteiger partial charge in [0.2, 0.25) is 17.7 Å². The van der Waals surface area contributed by atoms with Gasteiger partial charge in [0.05, 0.1) is 5.41 Å². The molecule has 6 heteroatoms. The van der Waals surface area contributed by atoms with Gasteiger partial charge >= 0.3 is 0 Å². The van der Waals surface area contributed by atoms with Crippen molar-refractivity contribution in [2.24, 2.45) is 5.41 Å². The minimum Gasteiger partial charge on any atom is -0.309 e. The van der Waals surface area contributed by atoms with Gasteiger partial charge in [0.1, 0.15) is 12.4 Å². The number of amides is 3. The highest BCUT2D eigenvalue weighted by atomic mass is 16.2. The summed E-state index contributed by atoms with van der Waals surface area (Å²) in [6.45, 7) is 1.60. The van der Waals surface area contributed by atoms with Crippen LogP contribution >= 0.6 is 0 Å². The van der Waals surface area contributed by atoms with Crippen molar-refractivity contribution in [1.82, 2.24) is 9.88 Å². The lowest BCUT2D eigenvalue weighted by Gasteiger charge is -2.20. The second kappa shape index (κ2) is 5.51. The zero-order valence-corrected chi connectivity index (χ0v) is 12.6. The summed E-state index contributed by atoms with van der Waals surface area (Å²) in [5.74, 6) is -0.379. The van der Waals surface area contributed by atoms with Gasteiger partial charge in [-0.15, -0.1) is 0 Å². The Kier molecular flexibility index (Phi) is 3.68. The molecule has 3 amide bonds. The lowest BCUT2D eigenvalue weighted by atomic mass is 9.84. The van der Waals surface area contributed by atoms with Crippen molar-refractivity contribution < 1.29 is 14.4 Å². The van der Waals surface area contributed by atoms with Gasteiger partial charge in [-0.25, -0.2) is 4.98 Å². The molecule has 1 saturated heterocycles. The molecule has 1 aliphatic heterocycles. The maximum absolute atomic E-state index is 12.5. The normalized spacial score (nSPS) is 20.0. The Hall–Kier alpha value is -2.24. The van der Waals surface area contributed by atoms with Gasteiger partial charge in [0.15, 0.2) is 0 Å². The van der Waals surface area contributed by atoms with Crippen LogP contribution in [0, 0.1) is 12.3 Å². The molecule has 1 spiro atoms. The van der Waals surface area contributed by atoms with Gasteiger partial charge in [-0.05, 0) is 31.9 Å². The van der Waals surface area contributed by atoms with Crippen molar-refractivity contribution in [3.63, 3.8) is 0 Å². The number of imide groups is 1. The van der Waals surface area contributed by atoms with Crippen molar-refractivity contribution in [2.45, 2.75) is 39.0 Å². The molecule has 1 N–H and O–H groups in total. The molecule has 1 saturated carbocycles. The van der Waals surface area contributed by atoms with E-state index in [1.54, 1.807) is 12.1 Å². The minimum atomic E-state index is -0.529. The van der Waals surface area contributed by atoms with Crippen molar-refractivity contribution in [2.75, 3.05) is 11.9 Å². The summed E-state index contributed by atoms with van der Waals surface area (Å²) < 4.78 is 0. The Balaban J connectivity index is 1.66. The van der Waals surface area contributed by atoms with Crippen LogP contribution in [0.15, 0.2) is 18.2 Å². The first-order valence-electron chi connectivity index (χ1n) is 7.58. The molecule has 1 aliphatic carbocycles. The third kappa shape index (κ3) is 2.61. The van der Waals surface area contributed by atoms with Crippen molar-refractivity contribution in [3.8, 4) is 0 Å². The number of nitrogens with zero attached hydrogens (tertiary/aromatic N) is 2. The van der Waals surface area contributed by atoms with Gasteiger partial charge in [0.25, 0.3) is 0 Å². The molecule has 6 nitrogen and oxygen atoms in total. The zero-order chi connectivity index (χ0) is 15.7. The number of carbonyl (C=O) groups is 3. The number of hydrogen-bond donors (Lipinski definition) is 1. The largest absolute Gasteiger partial charge is 0.309 e. The van der Waals surface area contributed by atoms with E-state index in [4.69, 9.17) is 0 Å². The van der Waals surface area contributed by atoms with Crippen LogP contribution in [0.25, 0.3) is 0 Å². The predicted molar refractivity (Wildman–Crippen MR) is 79.8 cm³/mol. The summed E-state index contributed by atoms with van der Waals surface area (Å²) in [5, 5.41) is 2.63.